The van der Waals surface area contributed by atoms with E-state index in [2.05, 4.69) is 17.1 Å². The van der Waals surface area contributed by atoms with Crippen LogP contribution in [0.1, 0.15) is 44.2 Å². The number of ether oxygens (including phenoxy) is 1. The van der Waals surface area contributed by atoms with E-state index in [0.717, 1.165) is 38.2 Å². The minimum absolute atomic E-state index is 0. The van der Waals surface area contributed by atoms with Crippen molar-refractivity contribution in [1.29, 1.82) is 0 Å². The SMILES string of the molecule is CCCCC[C@@H](c1cccc(F)c1OC)N1CCNCC1.Cl. The normalized spacial score (nSPS) is 16.9. The van der Waals surface area contributed by atoms with Gasteiger partial charge in [0.2, 0.25) is 0 Å². The predicted octanol–water partition coefficient (Wildman–Crippen LogP) is 3.78. The third-order valence-corrected chi connectivity index (χ3v) is 4.23. The number of hydrogen-bond acceptors (Lipinski definition) is 3. The summed E-state index contributed by atoms with van der Waals surface area (Å²) in [5.74, 6) is 0.156. The molecule has 1 atom stereocenters. The lowest BCUT2D eigenvalue weighted by molar-refractivity contribution is 0.159. The zero-order chi connectivity index (χ0) is 15.1. The second kappa shape index (κ2) is 10.0. The lowest BCUT2D eigenvalue weighted by Gasteiger charge is -2.36. The smallest absolute Gasteiger partial charge is 0.165 e. The van der Waals surface area contributed by atoms with Crippen LogP contribution in [0.5, 0.6) is 5.75 Å². The summed E-state index contributed by atoms with van der Waals surface area (Å²) in [4.78, 5) is 2.46. The molecule has 5 heteroatoms. The van der Waals surface area contributed by atoms with Crippen molar-refractivity contribution in [3.8, 4) is 5.75 Å². The van der Waals surface area contributed by atoms with E-state index >= 15 is 0 Å². The zero-order valence-electron chi connectivity index (χ0n) is 13.6. The third kappa shape index (κ3) is 4.83. The third-order valence-electron chi connectivity index (χ3n) is 4.23. The molecule has 2 rings (SSSR count). The van der Waals surface area contributed by atoms with Crippen LogP contribution < -0.4 is 10.1 Å². The number of rotatable bonds is 7. The van der Waals surface area contributed by atoms with Crippen LogP contribution in [-0.4, -0.2) is 38.2 Å². The average Bonchev–Trinajstić information content (AvgIpc) is 2.52. The Morgan fingerprint density at radius 3 is 2.64 bits per heavy atom. The van der Waals surface area contributed by atoms with Crippen LogP contribution in [0.2, 0.25) is 0 Å². The zero-order valence-corrected chi connectivity index (χ0v) is 14.4. The van der Waals surface area contributed by atoms with Gasteiger partial charge in [-0.15, -0.1) is 12.4 Å². The Labute approximate surface area is 139 Å². The second-order valence-electron chi connectivity index (χ2n) is 5.66. The van der Waals surface area contributed by atoms with Gasteiger partial charge < -0.3 is 10.1 Å². The van der Waals surface area contributed by atoms with Crippen LogP contribution >= 0.6 is 12.4 Å². The lowest BCUT2D eigenvalue weighted by atomic mass is 9.97. The molecule has 0 radical (unpaired) electrons. The molecule has 0 unspecified atom stereocenters. The maximum Gasteiger partial charge on any atom is 0.165 e. The van der Waals surface area contributed by atoms with E-state index < -0.39 is 0 Å². The molecule has 1 saturated heterocycles. The quantitative estimate of drug-likeness (QED) is 0.770. The molecule has 1 aromatic carbocycles. The van der Waals surface area contributed by atoms with Gasteiger partial charge in [0.1, 0.15) is 0 Å². The maximum atomic E-state index is 14.0. The van der Waals surface area contributed by atoms with Gasteiger partial charge >= 0.3 is 0 Å². The molecule has 1 aromatic rings. The summed E-state index contributed by atoms with van der Waals surface area (Å²) in [5.41, 5.74) is 0.996. The van der Waals surface area contributed by atoms with E-state index in [9.17, 15) is 4.39 Å². The first-order valence-corrected chi connectivity index (χ1v) is 8.05. The standard InChI is InChI=1S/C17H27FN2O.ClH/c1-3-4-5-9-16(20-12-10-19-11-13-20)14-7-6-8-15(18)17(14)21-2;/h6-8,16,19H,3-5,9-13H2,1-2H3;1H/t16-;/m0./s1. The summed E-state index contributed by atoms with van der Waals surface area (Å²) < 4.78 is 19.3. The highest BCUT2D eigenvalue weighted by Crippen LogP contribution is 2.35. The first-order valence-electron chi connectivity index (χ1n) is 8.05. The Morgan fingerprint density at radius 1 is 1.27 bits per heavy atom. The van der Waals surface area contributed by atoms with Crippen LogP contribution in [0.25, 0.3) is 0 Å². The molecular weight excluding hydrogens is 303 g/mol. The fourth-order valence-electron chi connectivity index (χ4n) is 3.12. The molecule has 0 saturated carbocycles. The number of halogens is 2. The highest BCUT2D eigenvalue weighted by Gasteiger charge is 2.25. The van der Waals surface area contributed by atoms with E-state index in [1.165, 1.54) is 25.3 Å². The number of benzene rings is 1. The van der Waals surface area contributed by atoms with E-state index in [1.54, 1.807) is 13.2 Å². The van der Waals surface area contributed by atoms with Gasteiger partial charge in [-0.2, -0.15) is 0 Å². The molecule has 1 aliphatic heterocycles. The van der Waals surface area contributed by atoms with Crippen molar-refractivity contribution in [2.24, 2.45) is 0 Å². The number of para-hydroxylation sites is 1. The number of hydrogen-bond donors (Lipinski definition) is 1. The van der Waals surface area contributed by atoms with Gasteiger partial charge in [-0.25, -0.2) is 4.39 Å². The summed E-state index contributed by atoms with van der Waals surface area (Å²) in [7, 11) is 1.56. The van der Waals surface area contributed by atoms with Gasteiger partial charge in [0.15, 0.2) is 11.6 Å². The van der Waals surface area contributed by atoms with Crippen molar-refractivity contribution in [1.82, 2.24) is 10.2 Å². The summed E-state index contributed by atoms with van der Waals surface area (Å²) in [5, 5.41) is 3.38. The first kappa shape index (κ1) is 19.2. The van der Waals surface area contributed by atoms with Gasteiger partial charge in [-0.3, -0.25) is 4.90 Å². The largest absolute Gasteiger partial charge is 0.493 e. The summed E-state index contributed by atoms with van der Waals surface area (Å²) >= 11 is 0. The molecule has 1 aliphatic rings. The molecular formula is C17H28ClFN2O. The van der Waals surface area contributed by atoms with E-state index in [1.807, 2.05) is 6.07 Å². The topological polar surface area (TPSA) is 24.5 Å². The predicted molar refractivity (Wildman–Crippen MR) is 91.5 cm³/mol. The fraction of sp³-hybridized carbons (Fsp3) is 0.647. The molecule has 0 spiro atoms. The molecule has 0 bridgehead atoms. The molecule has 0 amide bonds. The summed E-state index contributed by atoms with van der Waals surface area (Å²) in [6.45, 7) is 6.24. The van der Waals surface area contributed by atoms with Crippen LogP contribution in [0.4, 0.5) is 4.39 Å². The fourth-order valence-corrected chi connectivity index (χ4v) is 3.12. The van der Waals surface area contributed by atoms with Gasteiger partial charge in [0.25, 0.3) is 0 Å². The number of methoxy groups -OCH3 is 1. The lowest BCUT2D eigenvalue weighted by Crippen LogP contribution is -2.45. The van der Waals surface area contributed by atoms with E-state index in [4.69, 9.17) is 4.74 Å². The number of nitrogens with one attached hydrogen (secondary N) is 1. The minimum Gasteiger partial charge on any atom is -0.493 e. The van der Waals surface area contributed by atoms with E-state index in [0.29, 0.717) is 5.75 Å². The van der Waals surface area contributed by atoms with Crippen molar-refractivity contribution >= 4 is 12.4 Å². The van der Waals surface area contributed by atoms with Gasteiger partial charge in [-0.1, -0.05) is 38.3 Å². The highest BCUT2D eigenvalue weighted by molar-refractivity contribution is 5.85. The van der Waals surface area contributed by atoms with Crippen LogP contribution in [0, 0.1) is 5.82 Å². The number of piperazine rings is 1. The Kier molecular flexibility index (Phi) is 8.76. The Balaban J connectivity index is 0.00000242. The Bertz CT molecular complexity index is 439. The second-order valence-corrected chi connectivity index (χ2v) is 5.66. The van der Waals surface area contributed by atoms with Gasteiger partial charge in [-0.05, 0) is 12.5 Å². The van der Waals surface area contributed by atoms with Crippen molar-refractivity contribution in [2.75, 3.05) is 33.3 Å². The highest BCUT2D eigenvalue weighted by atomic mass is 35.5. The van der Waals surface area contributed by atoms with Crippen LogP contribution in [-0.2, 0) is 0 Å². The summed E-state index contributed by atoms with van der Waals surface area (Å²) in [6, 6.07) is 5.54. The van der Waals surface area contributed by atoms with Gasteiger partial charge in [0.05, 0.1) is 7.11 Å². The maximum absolute atomic E-state index is 14.0. The van der Waals surface area contributed by atoms with Crippen molar-refractivity contribution in [3.63, 3.8) is 0 Å². The Hall–Kier alpha value is -0.840. The first-order chi connectivity index (χ1) is 10.3. The van der Waals surface area contributed by atoms with Gasteiger partial charge in [0, 0.05) is 37.8 Å². The number of unbranched alkanes of at least 4 members (excludes halogenated alkanes) is 2. The summed E-state index contributed by atoms with van der Waals surface area (Å²) in [6.07, 6.45) is 4.66. The molecule has 126 valence electrons. The minimum atomic E-state index is -0.259. The van der Waals surface area contributed by atoms with Crippen molar-refractivity contribution in [2.45, 2.75) is 38.6 Å². The molecule has 1 heterocycles. The molecule has 1 N–H and O–H groups in total. The molecule has 0 aromatic heterocycles. The van der Waals surface area contributed by atoms with Crippen molar-refractivity contribution < 1.29 is 9.13 Å². The van der Waals surface area contributed by atoms with E-state index in [-0.39, 0.29) is 24.3 Å². The monoisotopic (exact) mass is 330 g/mol. The molecule has 0 aliphatic carbocycles. The number of nitrogens with zero attached hydrogens (tertiary/aromatic N) is 1. The van der Waals surface area contributed by atoms with Crippen LogP contribution in [0.15, 0.2) is 18.2 Å². The molecule has 22 heavy (non-hydrogen) atoms. The molecule has 3 nitrogen and oxygen atoms in total. The van der Waals surface area contributed by atoms with Crippen LogP contribution in [0.3, 0.4) is 0 Å². The average molecular weight is 331 g/mol. The molecule has 1 fully saturated rings. The van der Waals surface area contributed by atoms with Crippen molar-refractivity contribution in [3.05, 3.63) is 29.6 Å². The Morgan fingerprint density at radius 2 is 2.00 bits per heavy atom.